The number of nitrogens with one attached hydrogen (secondary N) is 2. The van der Waals surface area contributed by atoms with Gasteiger partial charge in [-0.2, -0.15) is 0 Å². The lowest BCUT2D eigenvalue weighted by Gasteiger charge is -2.10. The summed E-state index contributed by atoms with van der Waals surface area (Å²) in [7, 11) is 0. The Morgan fingerprint density at radius 1 is 1.61 bits per heavy atom. The summed E-state index contributed by atoms with van der Waals surface area (Å²) in [6, 6.07) is 4.20. The zero-order valence-electron chi connectivity index (χ0n) is 9.18. The normalized spacial score (nSPS) is 18.6. The molecule has 6 nitrogen and oxygen atoms in total. The monoisotopic (exact) mass is 331 g/mol. The Balaban J connectivity index is 2.07. The van der Waals surface area contributed by atoms with Crippen molar-refractivity contribution >= 4 is 45.0 Å². The third-order valence-corrected chi connectivity index (χ3v) is 4.02. The number of nitrogens with zero attached hydrogens (tertiary/aromatic N) is 1. The molecule has 1 unspecified atom stereocenters. The summed E-state index contributed by atoms with van der Waals surface area (Å²) in [6.07, 6.45) is 0. The first kappa shape index (κ1) is 13.3. The fraction of sp³-hybridized carbons (Fsp3) is 0.300. The Kier molecular flexibility index (Phi) is 4.20. The number of hydrogen-bond donors (Lipinski definition) is 2. The van der Waals surface area contributed by atoms with Crippen molar-refractivity contribution in [3.05, 3.63) is 32.8 Å². The Bertz CT molecular complexity index is 491. The summed E-state index contributed by atoms with van der Waals surface area (Å²) in [4.78, 5) is 22.0. The van der Waals surface area contributed by atoms with Crippen LogP contribution in [0.5, 0.6) is 0 Å². The summed E-state index contributed by atoms with van der Waals surface area (Å²) in [5, 5.41) is 16.4. The molecule has 1 saturated heterocycles. The van der Waals surface area contributed by atoms with Crippen LogP contribution in [0.2, 0.25) is 0 Å². The molecule has 0 spiro atoms. The molecule has 1 aromatic rings. The number of nitro groups is 1. The quantitative estimate of drug-likeness (QED) is 0.653. The van der Waals surface area contributed by atoms with E-state index in [2.05, 4.69) is 26.6 Å². The number of thioether (sulfide) groups is 1. The summed E-state index contributed by atoms with van der Waals surface area (Å²) >= 11 is 4.77. The minimum absolute atomic E-state index is 0.0254. The van der Waals surface area contributed by atoms with Crippen LogP contribution in [-0.2, 0) is 4.79 Å². The van der Waals surface area contributed by atoms with Crippen molar-refractivity contribution in [2.45, 2.75) is 6.04 Å². The third-order valence-electron chi connectivity index (χ3n) is 2.44. The molecule has 1 aromatic carbocycles. The van der Waals surface area contributed by atoms with Crippen LogP contribution >= 0.6 is 27.7 Å². The number of amides is 1. The van der Waals surface area contributed by atoms with Gasteiger partial charge in [-0.1, -0.05) is 0 Å². The molecule has 1 amide bonds. The van der Waals surface area contributed by atoms with Crippen LogP contribution in [-0.4, -0.2) is 28.5 Å². The average molecular weight is 332 g/mol. The van der Waals surface area contributed by atoms with E-state index in [0.29, 0.717) is 10.2 Å². The van der Waals surface area contributed by atoms with Gasteiger partial charge in [-0.05, 0) is 28.1 Å². The van der Waals surface area contributed by atoms with E-state index in [0.717, 1.165) is 11.6 Å². The maximum Gasteiger partial charge on any atom is 0.283 e. The van der Waals surface area contributed by atoms with Crippen molar-refractivity contribution < 1.29 is 9.72 Å². The highest BCUT2D eigenvalue weighted by Crippen LogP contribution is 2.27. The zero-order valence-corrected chi connectivity index (χ0v) is 11.6. The van der Waals surface area contributed by atoms with Crippen LogP contribution in [0.25, 0.3) is 0 Å². The molecular weight excluding hydrogens is 322 g/mol. The first-order valence-electron chi connectivity index (χ1n) is 5.14. The smallest absolute Gasteiger partial charge is 0.283 e. The fourth-order valence-corrected chi connectivity index (χ4v) is 2.99. The standard InChI is InChI=1S/C10H10BrN3O3S/c11-7-3-6(1-2-9(7)14(16)17)13-10(15)8-4-18-5-12-8/h1-3,8,12H,4-5H2,(H,13,15). The Morgan fingerprint density at radius 3 is 2.94 bits per heavy atom. The van der Waals surface area contributed by atoms with E-state index in [4.69, 9.17) is 0 Å². The molecule has 18 heavy (non-hydrogen) atoms. The van der Waals surface area contributed by atoms with Crippen molar-refractivity contribution in [2.24, 2.45) is 0 Å². The molecular formula is C10H10BrN3O3S. The highest BCUT2D eigenvalue weighted by Gasteiger charge is 2.22. The van der Waals surface area contributed by atoms with Crippen LogP contribution in [0.4, 0.5) is 11.4 Å². The summed E-state index contributed by atoms with van der Waals surface area (Å²) in [6.45, 7) is 0. The minimum Gasteiger partial charge on any atom is -0.325 e. The lowest BCUT2D eigenvalue weighted by molar-refractivity contribution is -0.385. The lowest BCUT2D eigenvalue weighted by atomic mass is 10.2. The molecule has 2 N–H and O–H groups in total. The van der Waals surface area contributed by atoms with Gasteiger partial charge >= 0.3 is 0 Å². The van der Waals surface area contributed by atoms with E-state index in [-0.39, 0.29) is 17.6 Å². The van der Waals surface area contributed by atoms with Gasteiger partial charge in [0.05, 0.1) is 15.4 Å². The summed E-state index contributed by atoms with van der Waals surface area (Å²) in [5.41, 5.74) is 0.513. The van der Waals surface area contributed by atoms with Gasteiger partial charge in [0.15, 0.2) is 0 Å². The van der Waals surface area contributed by atoms with Crippen molar-refractivity contribution in [1.82, 2.24) is 5.32 Å². The second-order valence-corrected chi connectivity index (χ2v) is 5.57. The van der Waals surface area contributed by atoms with Crippen LogP contribution in [0.15, 0.2) is 22.7 Å². The molecule has 2 rings (SSSR count). The maximum absolute atomic E-state index is 11.8. The maximum atomic E-state index is 11.8. The van der Waals surface area contributed by atoms with Gasteiger partial charge in [-0.15, -0.1) is 11.8 Å². The SMILES string of the molecule is O=C(Nc1ccc([N+](=O)[O-])c(Br)c1)C1CSCN1. The molecule has 0 radical (unpaired) electrons. The van der Waals surface area contributed by atoms with Gasteiger partial charge in [0.1, 0.15) is 0 Å². The molecule has 0 saturated carbocycles. The fourth-order valence-electron chi connectivity index (χ4n) is 1.53. The zero-order chi connectivity index (χ0) is 13.1. The van der Waals surface area contributed by atoms with E-state index >= 15 is 0 Å². The van der Waals surface area contributed by atoms with Gasteiger partial charge in [-0.3, -0.25) is 20.2 Å². The van der Waals surface area contributed by atoms with Crippen molar-refractivity contribution in [3.63, 3.8) is 0 Å². The van der Waals surface area contributed by atoms with Crippen molar-refractivity contribution in [3.8, 4) is 0 Å². The van der Waals surface area contributed by atoms with Crippen LogP contribution in [0.3, 0.4) is 0 Å². The Hall–Kier alpha value is -1.12. The highest BCUT2D eigenvalue weighted by molar-refractivity contribution is 9.10. The van der Waals surface area contributed by atoms with E-state index in [9.17, 15) is 14.9 Å². The van der Waals surface area contributed by atoms with Crippen LogP contribution < -0.4 is 10.6 Å². The number of rotatable bonds is 3. The second kappa shape index (κ2) is 5.68. The van der Waals surface area contributed by atoms with Crippen LogP contribution in [0, 0.1) is 10.1 Å². The first-order valence-corrected chi connectivity index (χ1v) is 7.08. The predicted molar refractivity (Wildman–Crippen MR) is 73.7 cm³/mol. The molecule has 1 aliphatic rings. The third kappa shape index (κ3) is 3.01. The van der Waals surface area contributed by atoms with Gasteiger partial charge in [-0.25, -0.2) is 0 Å². The molecule has 0 aliphatic carbocycles. The molecule has 1 atom stereocenters. The van der Waals surface area contributed by atoms with Gasteiger partial charge in [0, 0.05) is 23.4 Å². The number of hydrogen-bond acceptors (Lipinski definition) is 5. The van der Waals surface area contributed by atoms with E-state index < -0.39 is 4.92 Å². The highest BCUT2D eigenvalue weighted by atomic mass is 79.9. The van der Waals surface area contributed by atoms with Crippen molar-refractivity contribution in [2.75, 3.05) is 16.9 Å². The summed E-state index contributed by atoms with van der Waals surface area (Å²) in [5.74, 6) is 1.38. The molecule has 0 aromatic heterocycles. The van der Waals surface area contributed by atoms with E-state index in [1.54, 1.807) is 11.8 Å². The Morgan fingerprint density at radius 2 is 2.39 bits per heavy atom. The number of nitro benzene ring substituents is 1. The molecule has 8 heteroatoms. The van der Waals surface area contributed by atoms with Gasteiger partial charge < -0.3 is 5.32 Å². The van der Waals surface area contributed by atoms with Gasteiger partial charge in [0.25, 0.3) is 5.69 Å². The second-order valence-electron chi connectivity index (χ2n) is 3.68. The molecule has 96 valence electrons. The largest absolute Gasteiger partial charge is 0.325 e. The summed E-state index contributed by atoms with van der Waals surface area (Å²) < 4.78 is 0.346. The Labute approximate surface area is 116 Å². The molecule has 1 heterocycles. The first-order chi connectivity index (χ1) is 8.58. The van der Waals surface area contributed by atoms with E-state index in [1.165, 1.54) is 18.2 Å². The molecule has 1 fully saturated rings. The minimum atomic E-state index is -0.481. The number of halogens is 1. The number of carbonyl (C=O) groups excluding carboxylic acids is 1. The average Bonchev–Trinajstić information content (AvgIpc) is 2.81. The lowest BCUT2D eigenvalue weighted by Crippen LogP contribution is -2.37. The number of carbonyl (C=O) groups is 1. The van der Waals surface area contributed by atoms with E-state index in [1.807, 2.05) is 0 Å². The topological polar surface area (TPSA) is 84.3 Å². The number of anilines is 1. The van der Waals surface area contributed by atoms with Gasteiger partial charge in [0.2, 0.25) is 5.91 Å². The number of benzene rings is 1. The molecule has 0 bridgehead atoms. The predicted octanol–water partition coefficient (Wildman–Crippen LogP) is 1.96. The molecule has 1 aliphatic heterocycles. The van der Waals surface area contributed by atoms with Crippen LogP contribution in [0.1, 0.15) is 0 Å². The van der Waals surface area contributed by atoms with Crippen molar-refractivity contribution in [1.29, 1.82) is 0 Å².